The Morgan fingerprint density at radius 1 is 1.13 bits per heavy atom. The highest BCUT2D eigenvalue weighted by Crippen LogP contribution is 2.32. The van der Waals surface area contributed by atoms with Crippen LogP contribution in [0.15, 0.2) is 64.5 Å². The van der Waals surface area contributed by atoms with Crippen LogP contribution in [0.2, 0.25) is 0 Å². The predicted octanol–water partition coefficient (Wildman–Crippen LogP) is 3.15. The van der Waals surface area contributed by atoms with Gasteiger partial charge in [-0.15, -0.1) is 0 Å². The smallest absolute Gasteiger partial charge is 0.217 e. The molecule has 0 amide bonds. The maximum Gasteiger partial charge on any atom is 0.217 e. The number of aliphatic hydroxyl groups is 1. The minimum absolute atomic E-state index is 0.0652. The molecule has 0 aliphatic carbocycles. The molecule has 2 aromatic rings. The summed E-state index contributed by atoms with van der Waals surface area (Å²) >= 11 is 1.13. The maximum absolute atomic E-state index is 9.61. The van der Waals surface area contributed by atoms with E-state index in [9.17, 15) is 5.11 Å². The molecule has 2 atom stereocenters. The topological polar surface area (TPSA) is 60.3 Å². The quantitative estimate of drug-likeness (QED) is 0.500. The number of hydrogen-bond acceptors (Lipinski definition) is 6. The number of ether oxygens (including phenoxy) is 1. The molecule has 3 rings (SSSR count). The van der Waals surface area contributed by atoms with Crippen LogP contribution in [0.25, 0.3) is 0 Å². The Kier molecular flexibility index (Phi) is 5.30. The molecule has 2 aromatic carbocycles. The second kappa shape index (κ2) is 7.61. The van der Waals surface area contributed by atoms with Gasteiger partial charge in [-0.2, -0.15) is 4.33 Å². The molecule has 1 heterocycles. The van der Waals surface area contributed by atoms with Crippen molar-refractivity contribution in [3.05, 3.63) is 65.7 Å². The molecule has 5 nitrogen and oxygen atoms in total. The van der Waals surface area contributed by atoms with Crippen LogP contribution in [0.4, 0.5) is 0 Å². The van der Waals surface area contributed by atoms with Gasteiger partial charge in [0.25, 0.3) is 0 Å². The maximum atomic E-state index is 9.61. The molecule has 120 valence electrons. The molecule has 0 fully saturated rings. The second-order valence-electron chi connectivity index (χ2n) is 4.98. The number of aliphatic hydroxyl groups excluding tert-OH is 1. The molecule has 1 aliphatic rings. The van der Waals surface area contributed by atoms with Crippen molar-refractivity contribution in [1.82, 2.24) is 0 Å². The van der Waals surface area contributed by atoms with E-state index in [1.807, 2.05) is 54.6 Å². The molecule has 0 bridgehead atoms. The highest BCUT2D eigenvalue weighted by Gasteiger charge is 2.32. The highest BCUT2D eigenvalue weighted by molar-refractivity contribution is 7.94. The lowest BCUT2D eigenvalue weighted by atomic mass is 10.0. The van der Waals surface area contributed by atoms with E-state index in [0.29, 0.717) is 5.90 Å². The highest BCUT2D eigenvalue weighted by atomic mass is 32.2. The number of rotatable bonds is 6. The van der Waals surface area contributed by atoms with Gasteiger partial charge in [0.15, 0.2) is 6.10 Å². The fraction of sp³-hybridized carbons (Fsp3) is 0.235. The molecule has 1 N–H and O–H groups in total. The van der Waals surface area contributed by atoms with Crippen LogP contribution in [-0.2, 0) is 14.0 Å². The lowest BCUT2D eigenvalue weighted by Gasteiger charge is -2.16. The fourth-order valence-electron chi connectivity index (χ4n) is 2.38. The third-order valence-electron chi connectivity index (χ3n) is 3.49. The van der Waals surface area contributed by atoms with Gasteiger partial charge >= 0.3 is 0 Å². The summed E-state index contributed by atoms with van der Waals surface area (Å²) in [6.45, 7) is -0.0652. The standard InChI is InChI=1S/C17H17NO4S/c1-20-22-23-14-9-7-12(8-10-14)16-15(11-19)18-17(21-16)13-5-3-2-4-6-13/h2-10,15-16,19H,11H2,1H3/t15-,16-/m1/s1. The van der Waals surface area contributed by atoms with E-state index in [4.69, 9.17) is 9.07 Å². The van der Waals surface area contributed by atoms with E-state index >= 15 is 0 Å². The second-order valence-corrected chi connectivity index (χ2v) is 5.75. The first kappa shape index (κ1) is 16.0. The lowest BCUT2D eigenvalue weighted by molar-refractivity contribution is -0.160. The van der Waals surface area contributed by atoms with Crippen molar-refractivity contribution in [2.45, 2.75) is 17.0 Å². The van der Waals surface area contributed by atoms with Crippen molar-refractivity contribution < 1.29 is 19.1 Å². The van der Waals surface area contributed by atoms with Gasteiger partial charge in [-0.1, -0.05) is 30.3 Å². The summed E-state index contributed by atoms with van der Waals surface area (Å²) in [6, 6.07) is 17.1. The average Bonchev–Trinajstić information content (AvgIpc) is 3.05. The molecule has 23 heavy (non-hydrogen) atoms. The first-order chi connectivity index (χ1) is 11.3. The molecule has 0 radical (unpaired) electrons. The normalized spacial score (nSPS) is 20.2. The summed E-state index contributed by atoms with van der Waals surface area (Å²) in [6.07, 6.45) is -0.294. The van der Waals surface area contributed by atoms with Gasteiger partial charge in [0.05, 0.1) is 25.8 Å². The lowest BCUT2D eigenvalue weighted by Crippen LogP contribution is -2.17. The first-order valence-electron chi connectivity index (χ1n) is 7.20. The summed E-state index contributed by atoms with van der Waals surface area (Å²) in [5, 5.41) is 9.61. The Bertz CT molecular complexity index is 660. The van der Waals surface area contributed by atoms with Crippen molar-refractivity contribution in [3.8, 4) is 0 Å². The van der Waals surface area contributed by atoms with Gasteiger partial charge in [-0.05, 0) is 29.8 Å². The van der Waals surface area contributed by atoms with Crippen molar-refractivity contribution in [3.63, 3.8) is 0 Å². The zero-order valence-electron chi connectivity index (χ0n) is 12.6. The monoisotopic (exact) mass is 331 g/mol. The first-order valence-corrected chi connectivity index (χ1v) is 7.94. The van der Waals surface area contributed by atoms with Crippen LogP contribution in [0.3, 0.4) is 0 Å². The summed E-state index contributed by atoms with van der Waals surface area (Å²) in [5.74, 6) is 0.566. The summed E-state index contributed by atoms with van der Waals surface area (Å²) < 4.78 is 10.8. The molecule has 0 aromatic heterocycles. The zero-order chi connectivity index (χ0) is 16.1. The van der Waals surface area contributed by atoms with Gasteiger partial charge in [0, 0.05) is 10.5 Å². The van der Waals surface area contributed by atoms with Crippen molar-refractivity contribution in [2.24, 2.45) is 4.99 Å². The van der Waals surface area contributed by atoms with E-state index < -0.39 is 0 Å². The largest absolute Gasteiger partial charge is 0.467 e. The summed E-state index contributed by atoms with van der Waals surface area (Å²) in [7, 11) is 1.46. The van der Waals surface area contributed by atoms with Crippen LogP contribution < -0.4 is 0 Å². The zero-order valence-corrected chi connectivity index (χ0v) is 13.4. The molecule has 0 saturated heterocycles. The number of aliphatic imine (C=N–C) groups is 1. The van der Waals surface area contributed by atoms with Crippen LogP contribution in [0.1, 0.15) is 17.2 Å². The van der Waals surface area contributed by atoms with Gasteiger partial charge in [0.2, 0.25) is 5.90 Å². The molecule has 0 saturated carbocycles. The van der Waals surface area contributed by atoms with Gasteiger partial charge in [-0.25, -0.2) is 9.88 Å². The van der Waals surface area contributed by atoms with Gasteiger partial charge in [0.1, 0.15) is 6.04 Å². The Morgan fingerprint density at radius 3 is 2.52 bits per heavy atom. The molecular weight excluding hydrogens is 314 g/mol. The Labute approximate surface area is 139 Å². The SMILES string of the molecule is COOSc1ccc([C@H]2OC(c3ccccc3)=N[C@@H]2CO)cc1. The van der Waals surface area contributed by atoms with Crippen LogP contribution >= 0.6 is 12.0 Å². The summed E-state index contributed by atoms with van der Waals surface area (Å²) in [4.78, 5) is 9.98. The van der Waals surface area contributed by atoms with Gasteiger partial charge in [-0.3, -0.25) is 0 Å². The Morgan fingerprint density at radius 2 is 1.87 bits per heavy atom. The van der Waals surface area contributed by atoms with Crippen LogP contribution in [0.5, 0.6) is 0 Å². The fourth-order valence-corrected chi connectivity index (χ4v) is 2.78. The third-order valence-corrected chi connectivity index (χ3v) is 4.15. The van der Waals surface area contributed by atoms with E-state index in [2.05, 4.69) is 9.88 Å². The number of nitrogens with zero attached hydrogens (tertiary/aromatic N) is 1. The molecule has 6 heteroatoms. The third kappa shape index (κ3) is 3.73. The van der Waals surface area contributed by atoms with Gasteiger partial charge < -0.3 is 9.84 Å². The Hall–Kier alpha value is -1.86. The van der Waals surface area contributed by atoms with E-state index in [1.165, 1.54) is 7.11 Å². The van der Waals surface area contributed by atoms with E-state index in [0.717, 1.165) is 28.1 Å². The van der Waals surface area contributed by atoms with Crippen molar-refractivity contribution >= 4 is 17.9 Å². The minimum atomic E-state index is -0.307. The van der Waals surface area contributed by atoms with Crippen molar-refractivity contribution in [1.29, 1.82) is 0 Å². The summed E-state index contributed by atoms with van der Waals surface area (Å²) in [5.41, 5.74) is 1.87. The minimum Gasteiger partial charge on any atom is -0.467 e. The average molecular weight is 331 g/mol. The molecule has 1 aliphatic heterocycles. The number of benzene rings is 2. The van der Waals surface area contributed by atoms with Crippen molar-refractivity contribution in [2.75, 3.05) is 13.7 Å². The Balaban J connectivity index is 1.76. The molecular formula is C17H17NO4S. The number of hydrogen-bond donors (Lipinski definition) is 1. The van der Waals surface area contributed by atoms with E-state index in [1.54, 1.807) is 0 Å². The van der Waals surface area contributed by atoms with Crippen LogP contribution in [0, 0.1) is 0 Å². The molecule has 0 unspecified atom stereocenters. The van der Waals surface area contributed by atoms with E-state index in [-0.39, 0.29) is 18.8 Å². The molecule has 0 spiro atoms. The van der Waals surface area contributed by atoms with Crippen LogP contribution in [-0.4, -0.2) is 30.8 Å². The predicted molar refractivity (Wildman–Crippen MR) is 88.1 cm³/mol.